The van der Waals surface area contributed by atoms with Gasteiger partial charge in [-0.15, -0.1) is 16.8 Å². The van der Waals surface area contributed by atoms with Crippen LogP contribution >= 0.6 is 11.8 Å². The molecular formula is C20H20FN3OS. The number of aromatic nitrogens is 3. The third-order valence-electron chi connectivity index (χ3n) is 3.92. The van der Waals surface area contributed by atoms with E-state index in [2.05, 4.69) is 28.9 Å². The van der Waals surface area contributed by atoms with Crippen LogP contribution in [-0.2, 0) is 13.0 Å². The average molecular weight is 369 g/mol. The van der Waals surface area contributed by atoms with E-state index in [0.717, 1.165) is 23.1 Å². The smallest absolute Gasteiger partial charge is 0.191 e. The summed E-state index contributed by atoms with van der Waals surface area (Å²) in [5, 5.41) is 9.22. The molecule has 0 radical (unpaired) electrons. The van der Waals surface area contributed by atoms with E-state index >= 15 is 0 Å². The molecule has 0 bridgehead atoms. The first-order valence-corrected chi connectivity index (χ1v) is 9.26. The zero-order chi connectivity index (χ0) is 18.4. The first kappa shape index (κ1) is 18.2. The Bertz CT molecular complexity index is 877. The van der Waals surface area contributed by atoms with Crippen LogP contribution < -0.4 is 4.74 Å². The van der Waals surface area contributed by atoms with E-state index in [1.165, 1.54) is 11.6 Å². The molecule has 4 nitrogen and oxygen atoms in total. The number of allylic oxidation sites excluding steroid dienone is 1. The van der Waals surface area contributed by atoms with Crippen LogP contribution in [0.2, 0.25) is 0 Å². The first-order chi connectivity index (χ1) is 12.7. The number of aryl methyl sites for hydroxylation is 1. The van der Waals surface area contributed by atoms with Crippen molar-refractivity contribution in [2.75, 3.05) is 12.9 Å². The number of benzene rings is 2. The van der Waals surface area contributed by atoms with E-state index in [4.69, 9.17) is 4.74 Å². The summed E-state index contributed by atoms with van der Waals surface area (Å²) in [5.74, 6) is 1.91. The van der Waals surface area contributed by atoms with Crippen LogP contribution in [0.3, 0.4) is 0 Å². The van der Waals surface area contributed by atoms with E-state index in [1.807, 2.05) is 16.7 Å². The van der Waals surface area contributed by atoms with Gasteiger partial charge in [0.15, 0.2) is 11.0 Å². The predicted molar refractivity (Wildman–Crippen MR) is 103 cm³/mol. The summed E-state index contributed by atoms with van der Waals surface area (Å²) in [6.07, 6.45) is 2.66. The van der Waals surface area contributed by atoms with Crippen molar-refractivity contribution >= 4 is 11.8 Å². The van der Waals surface area contributed by atoms with E-state index in [0.29, 0.717) is 17.9 Å². The molecule has 0 aliphatic carbocycles. The fraction of sp³-hybridized carbons (Fsp3) is 0.200. The molecule has 0 saturated carbocycles. The van der Waals surface area contributed by atoms with E-state index < -0.39 is 0 Å². The van der Waals surface area contributed by atoms with Gasteiger partial charge in [0.05, 0.1) is 12.7 Å². The van der Waals surface area contributed by atoms with E-state index in [1.54, 1.807) is 43.1 Å². The third kappa shape index (κ3) is 4.14. The number of halogens is 1. The summed E-state index contributed by atoms with van der Waals surface area (Å²) in [6, 6.07) is 14.6. The summed E-state index contributed by atoms with van der Waals surface area (Å²) in [6.45, 7) is 4.32. The lowest BCUT2D eigenvalue weighted by Gasteiger charge is -2.08. The molecular weight excluding hydrogens is 349 g/mol. The molecule has 0 spiro atoms. The Morgan fingerprint density at radius 2 is 1.92 bits per heavy atom. The molecule has 0 aliphatic heterocycles. The number of rotatable bonds is 8. The number of nitrogens with zero attached hydrogens (tertiary/aromatic N) is 3. The second-order valence-corrected chi connectivity index (χ2v) is 6.69. The van der Waals surface area contributed by atoms with Crippen molar-refractivity contribution < 1.29 is 9.13 Å². The summed E-state index contributed by atoms with van der Waals surface area (Å²) >= 11 is 1.60. The SMILES string of the molecule is C=CCn1c(SCCc2ccc(OC)cc2)nnc1-c1ccccc1F. The Labute approximate surface area is 156 Å². The Kier molecular flexibility index (Phi) is 6.07. The highest BCUT2D eigenvalue weighted by molar-refractivity contribution is 7.99. The van der Waals surface area contributed by atoms with Crippen LogP contribution in [0.1, 0.15) is 5.56 Å². The van der Waals surface area contributed by atoms with Crippen LogP contribution in [0.4, 0.5) is 4.39 Å². The third-order valence-corrected chi connectivity index (χ3v) is 4.89. The molecule has 3 rings (SSSR count). The van der Waals surface area contributed by atoms with Crippen molar-refractivity contribution in [3.05, 3.63) is 72.6 Å². The second-order valence-electron chi connectivity index (χ2n) is 5.63. The Hall–Kier alpha value is -2.60. The minimum absolute atomic E-state index is 0.306. The van der Waals surface area contributed by atoms with Gasteiger partial charge >= 0.3 is 0 Å². The average Bonchev–Trinajstić information content (AvgIpc) is 3.06. The molecule has 134 valence electrons. The monoisotopic (exact) mass is 369 g/mol. The molecule has 0 atom stereocenters. The molecule has 2 aromatic carbocycles. The molecule has 6 heteroatoms. The number of ether oxygens (including phenoxy) is 1. The zero-order valence-corrected chi connectivity index (χ0v) is 15.4. The Balaban J connectivity index is 1.73. The predicted octanol–water partition coefficient (Wildman–Crippen LogP) is 4.61. The Morgan fingerprint density at radius 3 is 2.62 bits per heavy atom. The highest BCUT2D eigenvalue weighted by Gasteiger charge is 2.16. The Morgan fingerprint density at radius 1 is 1.15 bits per heavy atom. The summed E-state index contributed by atoms with van der Waals surface area (Å²) < 4.78 is 21.2. The highest BCUT2D eigenvalue weighted by Crippen LogP contribution is 2.26. The van der Waals surface area contributed by atoms with Gasteiger partial charge in [-0.25, -0.2) is 4.39 Å². The minimum Gasteiger partial charge on any atom is -0.497 e. The molecule has 0 aliphatic rings. The summed E-state index contributed by atoms with van der Waals surface area (Å²) in [7, 11) is 1.66. The quantitative estimate of drug-likeness (QED) is 0.429. The van der Waals surface area contributed by atoms with Crippen LogP contribution in [-0.4, -0.2) is 27.6 Å². The van der Waals surface area contributed by atoms with Crippen LogP contribution in [0.15, 0.2) is 66.3 Å². The van der Waals surface area contributed by atoms with Crippen molar-refractivity contribution in [2.24, 2.45) is 0 Å². The van der Waals surface area contributed by atoms with Crippen molar-refractivity contribution in [2.45, 2.75) is 18.1 Å². The molecule has 0 saturated heterocycles. The van der Waals surface area contributed by atoms with Crippen molar-refractivity contribution in [1.29, 1.82) is 0 Å². The van der Waals surface area contributed by atoms with Crippen molar-refractivity contribution in [3.8, 4) is 17.1 Å². The molecule has 1 aromatic heterocycles. The fourth-order valence-electron chi connectivity index (χ4n) is 2.58. The van der Waals surface area contributed by atoms with Gasteiger partial charge in [0.1, 0.15) is 11.6 Å². The summed E-state index contributed by atoms with van der Waals surface area (Å²) in [5.41, 5.74) is 1.67. The van der Waals surface area contributed by atoms with Crippen molar-refractivity contribution in [1.82, 2.24) is 14.8 Å². The maximum absolute atomic E-state index is 14.1. The van der Waals surface area contributed by atoms with Gasteiger partial charge in [-0.2, -0.15) is 0 Å². The van der Waals surface area contributed by atoms with E-state index in [-0.39, 0.29) is 5.82 Å². The van der Waals surface area contributed by atoms with Crippen LogP contribution in [0, 0.1) is 5.82 Å². The molecule has 26 heavy (non-hydrogen) atoms. The zero-order valence-electron chi connectivity index (χ0n) is 14.6. The maximum Gasteiger partial charge on any atom is 0.191 e. The molecule has 3 aromatic rings. The highest BCUT2D eigenvalue weighted by atomic mass is 32.2. The van der Waals surface area contributed by atoms with Gasteiger partial charge in [0.25, 0.3) is 0 Å². The number of thioether (sulfide) groups is 1. The largest absolute Gasteiger partial charge is 0.497 e. The van der Waals surface area contributed by atoms with E-state index in [9.17, 15) is 4.39 Å². The van der Waals surface area contributed by atoms with Gasteiger partial charge in [0, 0.05) is 12.3 Å². The van der Waals surface area contributed by atoms with Gasteiger partial charge in [-0.3, -0.25) is 4.57 Å². The maximum atomic E-state index is 14.1. The normalized spacial score (nSPS) is 10.7. The lowest BCUT2D eigenvalue weighted by atomic mass is 10.2. The number of hydrogen-bond acceptors (Lipinski definition) is 4. The van der Waals surface area contributed by atoms with Gasteiger partial charge < -0.3 is 4.74 Å². The van der Waals surface area contributed by atoms with Gasteiger partial charge in [-0.1, -0.05) is 42.1 Å². The molecule has 1 heterocycles. The summed E-state index contributed by atoms with van der Waals surface area (Å²) in [4.78, 5) is 0. The lowest BCUT2D eigenvalue weighted by Crippen LogP contribution is -2.02. The minimum atomic E-state index is -0.306. The van der Waals surface area contributed by atoms with Gasteiger partial charge in [0.2, 0.25) is 0 Å². The number of hydrogen-bond donors (Lipinski definition) is 0. The molecule has 0 amide bonds. The van der Waals surface area contributed by atoms with Gasteiger partial charge in [-0.05, 0) is 36.2 Å². The first-order valence-electron chi connectivity index (χ1n) is 8.27. The van der Waals surface area contributed by atoms with Crippen molar-refractivity contribution in [3.63, 3.8) is 0 Å². The lowest BCUT2D eigenvalue weighted by molar-refractivity contribution is 0.414. The fourth-order valence-corrected chi connectivity index (χ4v) is 3.52. The number of methoxy groups -OCH3 is 1. The second kappa shape index (κ2) is 8.67. The molecule has 0 fully saturated rings. The topological polar surface area (TPSA) is 39.9 Å². The molecule has 0 unspecified atom stereocenters. The van der Waals surface area contributed by atoms with Crippen LogP contribution in [0.5, 0.6) is 5.75 Å². The van der Waals surface area contributed by atoms with Crippen LogP contribution in [0.25, 0.3) is 11.4 Å². The molecule has 0 N–H and O–H groups in total. The standard InChI is InChI=1S/C20H20FN3OS/c1-3-13-24-19(17-6-4-5-7-18(17)21)22-23-20(24)26-14-12-15-8-10-16(25-2)11-9-15/h3-11H,1,12-14H2,2H3.